The van der Waals surface area contributed by atoms with E-state index in [-0.39, 0.29) is 23.7 Å². The molecule has 3 aliphatic rings. The molecule has 0 aromatic heterocycles. The monoisotopic (exact) mass is 375 g/mol. The third-order valence-electron chi connectivity index (χ3n) is 6.78. The first kappa shape index (κ1) is 18.8. The lowest BCUT2D eigenvalue weighted by Crippen LogP contribution is -2.50. The molecule has 3 N–H and O–H groups in total. The number of likely N-dealkylation sites (tertiary alicyclic amines) is 1. The minimum absolute atomic E-state index is 0.0230. The van der Waals surface area contributed by atoms with Crippen LogP contribution in [0, 0.1) is 17.7 Å². The summed E-state index contributed by atoms with van der Waals surface area (Å²) in [5.41, 5.74) is 6.33. The van der Waals surface area contributed by atoms with Crippen LogP contribution in [0.5, 0.6) is 0 Å². The third kappa shape index (κ3) is 3.89. The number of nitrogens with one attached hydrogen (secondary N) is 2. The van der Waals surface area contributed by atoms with Crippen molar-refractivity contribution in [2.75, 3.05) is 19.6 Å². The molecule has 3 fully saturated rings. The van der Waals surface area contributed by atoms with E-state index in [0.717, 1.165) is 5.56 Å². The van der Waals surface area contributed by atoms with Gasteiger partial charge in [0.2, 0.25) is 5.91 Å². The first-order valence-corrected chi connectivity index (χ1v) is 10.3. The largest absolute Gasteiger partial charge is 0.385 e. The first-order valence-electron chi connectivity index (χ1n) is 10.3. The van der Waals surface area contributed by atoms with E-state index in [0.29, 0.717) is 38.4 Å². The van der Waals surface area contributed by atoms with Gasteiger partial charge in [-0.05, 0) is 49.3 Å². The number of halogens is 1. The summed E-state index contributed by atoms with van der Waals surface area (Å²) in [4.78, 5) is 15.1. The quantitative estimate of drug-likeness (QED) is 0.759. The molecule has 0 bridgehead atoms. The molecule has 1 amide bonds. The number of nitrogens with zero attached hydrogens (tertiary/aromatic N) is 1. The fraction of sp³-hybridized carbons (Fsp3) is 0.667. The Morgan fingerprint density at radius 2 is 1.78 bits per heavy atom. The second-order valence-corrected chi connectivity index (χ2v) is 8.42. The lowest BCUT2D eigenvalue weighted by Gasteiger charge is -2.40. The van der Waals surface area contributed by atoms with Crippen molar-refractivity contribution in [3.63, 3.8) is 0 Å². The molecule has 148 valence electrons. The molecule has 1 aromatic carbocycles. The molecule has 2 atom stereocenters. The lowest BCUT2D eigenvalue weighted by atomic mass is 9.78. The summed E-state index contributed by atoms with van der Waals surface area (Å²) in [6.45, 7) is 1.76. The van der Waals surface area contributed by atoms with Gasteiger partial charge in [-0.2, -0.15) is 0 Å². The highest BCUT2D eigenvalue weighted by Crippen LogP contribution is 2.35. The molecular formula is C21H30FN3O2. The van der Waals surface area contributed by atoms with Crippen molar-refractivity contribution in [1.29, 1.82) is 0 Å². The highest BCUT2D eigenvalue weighted by atomic mass is 19.1. The smallest absolute Gasteiger partial charge is 0.228 e. The SMILES string of the molecule is O=C(C1CNNC1C1CCCCC1)N1CCC(O)(c2ccc(F)cc2)CC1. The van der Waals surface area contributed by atoms with Crippen LogP contribution >= 0.6 is 0 Å². The van der Waals surface area contributed by atoms with Gasteiger partial charge in [0.15, 0.2) is 0 Å². The van der Waals surface area contributed by atoms with Crippen LogP contribution in [0.2, 0.25) is 0 Å². The minimum atomic E-state index is -0.973. The standard InChI is InChI=1S/C21H30FN3O2/c22-17-8-6-16(7-9-17)21(27)10-12-25(13-11-21)20(26)18-14-23-24-19(18)15-4-2-1-3-5-15/h6-9,15,18-19,23-24,27H,1-5,10-14H2. The van der Waals surface area contributed by atoms with E-state index < -0.39 is 5.60 Å². The van der Waals surface area contributed by atoms with Gasteiger partial charge in [-0.3, -0.25) is 15.6 Å². The molecule has 2 saturated heterocycles. The Kier molecular flexibility index (Phi) is 5.48. The number of aliphatic hydroxyl groups is 1. The van der Waals surface area contributed by atoms with Crippen molar-refractivity contribution in [3.8, 4) is 0 Å². The summed E-state index contributed by atoms with van der Waals surface area (Å²) in [5, 5.41) is 11.0. The maximum absolute atomic E-state index is 13.2. The van der Waals surface area contributed by atoms with Crippen LogP contribution in [0.4, 0.5) is 4.39 Å². The van der Waals surface area contributed by atoms with Gasteiger partial charge in [0.1, 0.15) is 5.82 Å². The lowest BCUT2D eigenvalue weighted by molar-refractivity contribution is -0.140. The van der Waals surface area contributed by atoms with E-state index >= 15 is 0 Å². The zero-order valence-corrected chi connectivity index (χ0v) is 15.8. The summed E-state index contributed by atoms with van der Waals surface area (Å²) < 4.78 is 13.2. The average molecular weight is 375 g/mol. The predicted octanol–water partition coefficient (Wildman–Crippen LogP) is 2.31. The summed E-state index contributed by atoms with van der Waals surface area (Å²) in [5.74, 6) is 0.447. The number of hydrogen-bond acceptors (Lipinski definition) is 4. The summed E-state index contributed by atoms with van der Waals surface area (Å²) in [6.07, 6.45) is 7.22. The van der Waals surface area contributed by atoms with Crippen LogP contribution in [-0.2, 0) is 10.4 Å². The van der Waals surface area contributed by atoms with Crippen molar-refractivity contribution < 1.29 is 14.3 Å². The molecule has 0 radical (unpaired) electrons. The molecule has 2 aliphatic heterocycles. The van der Waals surface area contributed by atoms with Gasteiger partial charge in [0, 0.05) is 25.7 Å². The van der Waals surface area contributed by atoms with E-state index in [1.165, 1.54) is 44.2 Å². The van der Waals surface area contributed by atoms with E-state index in [1.54, 1.807) is 12.1 Å². The number of amides is 1. The number of carbonyl (C=O) groups is 1. The second kappa shape index (κ2) is 7.86. The van der Waals surface area contributed by atoms with Crippen molar-refractivity contribution >= 4 is 5.91 Å². The highest BCUT2D eigenvalue weighted by molar-refractivity contribution is 5.80. The van der Waals surface area contributed by atoms with E-state index in [4.69, 9.17) is 0 Å². The van der Waals surface area contributed by atoms with Gasteiger partial charge in [0.05, 0.1) is 11.5 Å². The number of carbonyl (C=O) groups excluding carboxylic acids is 1. The van der Waals surface area contributed by atoms with Crippen LogP contribution < -0.4 is 10.9 Å². The normalized spacial score (nSPS) is 29.0. The molecule has 1 saturated carbocycles. The van der Waals surface area contributed by atoms with Crippen molar-refractivity contribution in [2.45, 2.75) is 56.6 Å². The molecule has 6 heteroatoms. The number of hydrazine groups is 1. The first-order chi connectivity index (χ1) is 13.1. The van der Waals surface area contributed by atoms with Gasteiger partial charge >= 0.3 is 0 Å². The van der Waals surface area contributed by atoms with Crippen molar-refractivity contribution in [2.24, 2.45) is 11.8 Å². The fourth-order valence-corrected chi connectivity index (χ4v) is 5.08. The summed E-state index contributed by atoms with van der Waals surface area (Å²) in [6, 6.07) is 6.29. The summed E-state index contributed by atoms with van der Waals surface area (Å²) >= 11 is 0. The Morgan fingerprint density at radius 3 is 2.44 bits per heavy atom. The van der Waals surface area contributed by atoms with Crippen LogP contribution in [0.15, 0.2) is 24.3 Å². The molecule has 2 heterocycles. The van der Waals surface area contributed by atoms with E-state index in [1.807, 2.05) is 4.90 Å². The third-order valence-corrected chi connectivity index (χ3v) is 6.78. The molecular weight excluding hydrogens is 345 g/mol. The molecule has 1 aromatic rings. The van der Waals surface area contributed by atoms with Crippen LogP contribution in [0.1, 0.15) is 50.5 Å². The van der Waals surface area contributed by atoms with Crippen LogP contribution in [0.25, 0.3) is 0 Å². The van der Waals surface area contributed by atoms with Gasteiger partial charge in [-0.25, -0.2) is 4.39 Å². The number of rotatable bonds is 3. The zero-order chi connectivity index (χ0) is 18.9. The van der Waals surface area contributed by atoms with Crippen molar-refractivity contribution in [1.82, 2.24) is 15.8 Å². The fourth-order valence-electron chi connectivity index (χ4n) is 5.08. The predicted molar refractivity (Wildman–Crippen MR) is 101 cm³/mol. The number of piperidine rings is 1. The van der Waals surface area contributed by atoms with Crippen molar-refractivity contribution in [3.05, 3.63) is 35.6 Å². The number of benzene rings is 1. The minimum Gasteiger partial charge on any atom is -0.385 e. The average Bonchev–Trinajstić information content (AvgIpc) is 3.19. The Hall–Kier alpha value is -1.50. The Labute approximate surface area is 160 Å². The maximum atomic E-state index is 13.2. The molecule has 0 spiro atoms. The highest BCUT2D eigenvalue weighted by Gasteiger charge is 2.42. The Morgan fingerprint density at radius 1 is 1.11 bits per heavy atom. The molecule has 4 rings (SSSR count). The maximum Gasteiger partial charge on any atom is 0.228 e. The van der Waals surface area contributed by atoms with Crippen LogP contribution in [-0.4, -0.2) is 41.6 Å². The number of hydrogen-bond donors (Lipinski definition) is 3. The van der Waals surface area contributed by atoms with Gasteiger partial charge in [-0.1, -0.05) is 31.4 Å². The topological polar surface area (TPSA) is 64.6 Å². The van der Waals surface area contributed by atoms with E-state index in [2.05, 4.69) is 10.9 Å². The molecule has 1 aliphatic carbocycles. The molecule has 2 unspecified atom stereocenters. The zero-order valence-electron chi connectivity index (χ0n) is 15.8. The van der Waals surface area contributed by atoms with Crippen LogP contribution in [0.3, 0.4) is 0 Å². The summed E-state index contributed by atoms with van der Waals surface area (Å²) in [7, 11) is 0. The second-order valence-electron chi connectivity index (χ2n) is 8.42. The van der Waals surface area contributed by atoms with Gasteiger partial charge in [0.25, 0.3) is 0 Å². The molecule has 5 nitrogen and oxygen atoms in total. The Balaban J connectivity index is 1.38. The van der Waals surface area contributed by atoms with Gasteiger partial charge in [-0.15, -0.1) is 0 Å². The molecule has 27 heavy (non-hydrogen) atoms. The Bertz CT molecular complexity index is 652. The van der Waals surface area contributed by atoms with Gasteiger partial charge < -0.3 is 10.0 Å². The van der Waals surface area contributed by atoms with E-state index in [9.17, 15) is 14.3 Å².